The molecule has 0 fully saturated rings. The van der Waals surface area contributed by atoms with Gasteiger partial charge in [0.25, 0.3) is 0 Å². The number of benzene rings is 2. The van der Waals surface area contributed by atoms with Crippen molar-refractivity contribution >= 4 is 29.4 Å². The van der Waals surface area contributed by atoms with Crippen LogP contribution in [0.3, 0.4) is 0 Å². The largest absolute Gasteiger partial charge is 0.357 e. The molecule has 2 aromatic carbocycles. The van der Waals surface area contributed by atoms with Gasteiger partial charge in [-0.3, -0.25) is 0 Å². The van der Waals surface area contributed by atoms with Gasteiger partial charge in [-0.15, -0.1) is 0 Å². The highest BCUT2D eigenvalue weighted by Gasteiger charge is 1.95. The molecule has 0 radical (unpaired) electrons. The minimum atomic E-state index is 0.568. The third-order valence-corrected chi connectivity index (χ3v) is 2.42. The van der Waals surface area contributed by atoms with Gasteiger partial charge in [0, 0.05) is 10.0 Å². The van der Waals surface area contributed by atoms with Gasteiger partial charge in [-0.1, -0.05) is 46.6 Å². The lowest BCUT2D eigenvalue weighted by Crippen LogP contribution is -1.86. The van der Waals surface area contributed by atoms with Crippen LogP contribution in [0.25, 0.3) is 0 Å². The van der Waals surface area contributed by atoms with E-state index < -0.39 is 0 Å². The van der Waals surface area contributed by atoms with Crippen molar-refractivity contribution in [3.05, 3.63) is 64.1 Å². The van der Waals surface area contributed by atoms with Crippen molar-refractivity contribution in [3.8, 4) is 5.75 Å². The number of rotatable bonds is 3. The quantitative estimate of drug-likeness (QED) is 0.595. The van der Waals surface area contributed by atoms with Crippen molar-refractivity contribution in [2.45, 2.75) is 0 Å². The number of oxime groups is 1. The minimum absolute atomic E-state index is 0.568. The molecule has 0 aliphatic carbocycles. The van der Waals surface area contributed by atoms with E-state index in [1.165, 1.54) is 0 Å². The molecule has 0 unspecified atom stereocenters. The standard InChI is InChI=1S/C13H9Cl2NO/c14-11-6-10(7-12(15)8-11)9-16-17-13-4-2-1-3-5-13/h1-9H/b16-9+. The summed E-state index contributed by atoms with van der Waals surface area (Å²) in [4.78, 5) is 5.17. The molecule has 0 amide bonds. The second-order valence-corrected chi connectivity index (χ2v) is 4.21. The van der Waals surface area contributed by atoms with E-state index in [9.17, 15) is 0 Å². The molecule has 0 bridgehead atoms. The Bertz CT molecular complexity index is 506. The number of hydrogen-bond donors (Lipinski definition) is 0. The van der Waals surface area contributed by atoms with E-state index in [0.29, 0.717) is 15.8 Å². The summed E-state index contributed by atoms with van der Waals surface area (Å²) in [6.07, 6.45) is 1.56. The highest BCUT2D eigenvalue weighted by Crippen LogP contribution is 2.18. The Kier molecular flexibility index (Phi) is 4.02. The van der Waals surface area contributed by atoms with Crippen molar-refractivity contribution < 1.29 is 4.84 Å². The molecule has 0 aliphatic heterocycles. The first-order valence-corrected chi connectivity index (χ1v) is 5.71. The van der Waals surface area contributed by atoms with Crippen LogP contribution < -0.4 is 4.84 Å². The molecule has 0 saturated heterocycles. The Morgan fingerprint density at radius 3 is 2.24 bits per heavy atom. The topological polar surface area (TPSA) is 21.6 Å². The second-order valence-electron chi connectivity index (χ2n) is 3.34. The van der Waals surface area contributed by atoms with Gasteiger partial charge in [-0.2, -0.15) is 0 Å². The lowest BCUT2D eigenvalue weighted by atomic mass is 10.2. The van der Waals surface area contributed by atoms with Crippen LogP contribution in [0.4, 0.5) is 0 Å². The van der Waals surface area contributed by atoms with E-state index in [1.807, 2.05) is 30.3 Å². The van der Waals surface area contributed by atoms with Crippen molar-refractivity contribution in [1.29, 1.82) is 0 Å². The van der Waals surface area contributed by atoms with E-state index in [2.05, 4.69) is 5.16 Å². The zero-order valence-corrected chi connectivity index (χ0v) is 10.3. The Hall–Kier alpha value is -1.51. The van der Waals surface area contributed by atoms with Crippen LogP contribution in [0.15, 0.2) is 53.7 Å². The first kappa shape index (κ1) is 12.0. The van der Waals surface area contributed by atoms with E-state index >= 15 is 0 Å². The van der Waals surface area contributed by atoms with Crippen LogP contribution >= 0.6 is 23.2 Å². The summed E-state index contributed by atoms with van der Waals surface area (Å²) in [5, 5.41) is 4.99. The third-order valence-electron chi connectivity index (χ3n) is 1.99. The van der Waals surface area contributed by atoms with Crippen LogP contribution in [0.2, 0.25) is 10.0 Å². The Balaban J connectivity index is 2.06. The molecular formula is C13H9Cl2NO. The molecule has 2 nitrogen and oxygen atoms in total. The number of hydrogen-bond acceptors (Lipinski definition) is 2. The lowest BCUT2D eigenvalue weighted by Gasteiger charge is -1.98. The van der Waals surface area contributed by atoms with Gasteiger partial charge >= 0.3 is 0 Å². The van der Waals surface area contributed by atoms with Gasteiger partial charge in [0.05, 0.1) is 6.21 Å². The van der Waals surface area contributed by atoms with Gasteiger partial charge in [-0.05, 0) is 35.9 Å². The molecule has 0 heterocycles. The molecule has 0 saturated carbocycles. The smallest absolute Gasteiger partial charge is 0.157 e. The third kappa shape index (κ3) is 3.77. The molecule has 0 spiro atoms. The van der Waals surface area contributed by atoms with Gasteiger partial charge in [0.1, 0.15) is 0 Å². The van der Waals surface area contributed by atoms with Crippen LogP contribution in [-0.2, 0) is 0 Å². The van der Waals surface area contributed by atoms with Gasteiger partial charge < -0.3 is 4.84 Å². The summed E-state index contributed by atoms with van der Waals surface area (Å²) in [7, 11) is 0. The molecule has 0 aliphatic rings. The monoisotopic (exact) mass is 265 g/mol. The molecule has 0 atom stereocenters. The predicted molar refractivity (Wildman–Crippen MR) is 71.1 cm³/mol. The van der Waals surface area contributed by atoms with E-state index in [0.717, 1.165) is 5.56 Å². The molecule has 2 rings (SSSR count). The highest BCUT2D eigenvalue weighted by molar-refractivity contribution is 6.35. The average molecular weight is 266 g/mol. The van der Waals surface area contributed by atoms with Gasteiger partial charge in [-0.25, -0.2) is 0 Å². The highest BCUT2D eigenvalue weighted by atomic mass is 35.5. The van der Waals surface area contributed by atoms with Gasteiger partial charge in [0.2, 0.25) is 0 Å². The Labute approximate surface area is 109 Å². The zero-order chi connectivity index (χ0) is 12.1. The molecule has 4 heteroatoms. The average Bonchev–Trinajstić information content (AvgIpc) is 2.29. The molecular weight excluding hydrogens is 257 g/mol. The summed E-state index contributed by atoms with van der Waals surface area (Å²) < 4.78 is 0. The summed E-state index contributed by atoms with van der Waals surface area (Å²) in [6.45, 7) is 0. The predicted octanol–water partition coefficient (Wildman–Crippen LogP) is 4.41. The maximum atomic E-state index is 5.86. The molecule has 17 heavy (non-hydrogen) atoms. The fraction of sp³-hybridized carbons (Fsp3) is 0. The minimum Gasteiger partial charge on any atom is -0.357 e. The summed E-state index contributed by atoms with van der Waals surface area (Å²) in [5.74, 6) is 0.678. The molecule has 86 valence electrons. The van der Waals surface area contributed by atoms with Crippen molar-refractivity contribution in [2.75, 3.05) is 0 Å². The first-order chi connectivity index (χ1) is 8.24. The maximum absolute atomic E-state index is 5.86. The SMILES string of the molecule is Clc1cc(Cl)cc(/C=N/Oc2ccccc2)c1. The maximum Gasteiger partial charge on any atom is 0.157 e. The summed E-state index contributed by atoms with van der Waals surface area (Å²) in [6, 6.07) is 14.5. The van der Waals surface area contributed by atoms with E-state index in [1.54, 1.807) is 24.4 Å². The fourth-order valence-corrected chi connectivity index (χ4v) is 1.82. The van der Waals surface area contributed by atoms with Crippen LogP contribution in [0.1, 0.15) is 5.56 Å². The number of nitrogens with zero attached hydrogens (tertiary/aromatic N) is 1. The van der Waals surface area contributed by atoms with E-state index in [4.69, 9.17) is 28.0 Å². The second kappa shape index (κ2) is 5.71. The van der Waals surface area contributed by atoms with Gasteiger partial charge in [0.15, 0.2) is 5.75 Å². The number of halogens is 2. The summed E-state index contributed by atoms with van der Waals surface area (Å²) in [5.41, 5.74) is 0.790. The van der Waals surface area contributed by atoms with Crippen molar-refractivity contribution in [2.24, 2.45) is 5.16 Å². The van der Waals surface area contributed by atoms with E-state index in [-0.39, 0.29) is 0 Å². The van der Waals surface area contributed by atoms with Crippen LogP contribution in [0, 0.1) is 0 Å². The van der Waals surface area contributed by atoms with Crippen molar-refractivity contribution in [1.82, 2.24) is 0 Å². The zero-order valence-electron chi connectivity index (χ0n) is 8.81. The summed E-state index contributed by atoms with van der Waals surface area (Å²) >= 11 is 11.7. The van der Waals surface area contributed by atoms with Crippen LogP contribution in [-0.4, -0.2) is 6.21 Å². The first-order valence-electron chi connectivity index (χ1n) is 4.95. The lowest BCUT2D eigenvalue weighted by molar-refractivity contribution is 0.344. The normalized spacial score (nSPS) is 10.7. The Morgan fingerprint density at radius 1 is 0.941 bits per heavy atom. The van der Waals surface area contributed by atoms with Crippen molar-refractivity contribution in [3.63, 3.8) is 0 Å². The fourth-order valence-electron chi connectivity index (χ4n) is 1.28. The molecule has 0 N–H and O–H groups in total. The van der Waals surface area contributed by atoms with Crippen LogP contribution in [0.5, 0.6) is 5.75 Å². The molecule has 2 aromatic rings. The Morgan fingerprint density at radius 2 is 1.59 bits per heavy atom. The molecule has 0 aromatic heterocycles. The number of para-hydroxylation sites is 1.